The smallest absolute Gasteiger partial charge is 0.283 e. The van der Waals surface area contributed by atoms with E-state index < -0.39 is 15.9 Å². The number of furan rings is 1. The van der Waals surface area contributed by atoms with E-state index in [1.807, 2.05) is 4.72 Å². The SMILES string of the molecule is Cc1oc(C)c(C(=O)NS(=O)(=O)c2cnccn2)c1C. The van der Waals surface area contributed by atoms with Gasteiger partial charge in [-0.25, -0.2) is 9.71 Å². The van der Waals surface area contributed by atoms with Crippen molar-refractivity contribution in [3.63, 3.8) is 0 Å². The molecular formula is C12H13N3O4S. The van der Waals surface area contributed by atoms with Gasteiger partial charge in [0.25, 0.3) is 15.9 Å². The Hall–Kier alpha value is -2.22. The molecule has 20 heavy (non-hydrogen) atoms. The van der Waals surface area contributed by atoms with Gasteiger partial charge in [-0.05, 0) is 20.8 Å². The summed E-state index contributed by atoms with van der Waals surface area (Å²) in [4.78, 5) is 19.4. The monoisotopic (exact) mass is 295 g/mol. The van der Waals surface area contributed by atoms with E-state index in [2.05, 4.69) is 9.97 Å². The van der Waals surface area contributed by atoms with Gasteiger partial charge in [-0.2, -0.15) is 8.42 Å². The number of hydrogen-bond donors (Lipinski definition) is 1. The van der Waals surface area contributed by atoms with Gasteiger partial charge in [0.1, 0.15) is 11.5 Å². The zero-order chi connectivity index (χ0) is 14.9. The van der Waals surface area contributed by atoms with Crippen LogP contribution in [-0.2, 0) is 10.0 Å². The lowest BCUT2D eigenvalue weighted by atomic mass is 10.1. The maximum atomic E-state index is 12.1. The second-order valence-corrected chi connectivity index (χ2v) is 5.82. The molecule has 0 fully saturated rings. The molecule has 106 valence electrons. The summed E-state index contributed by atoms with van der Waals surface area (Å²) in [7, 11) is -4.05. The molecule has 8 heteroatoms. The average molecular weight is 295 g/mol. The highest BCUT2D eigenvalue weighted by molar-refractivity contribution is 7.90. The molecule has 0 aliphatic carbocycles. The molecule has 1 N–H and O–H groups in total. The Kier molecular flexibility index (Phi) is 3.58. The van der Waals surface area contributed by atoms with E-state index in [1.54, 1.807) is 20.8 Å². The lowest BCUT2D eigenvalue weighted by Crippen LogP contribution is -2.31. The Morgan fingerprint density at radius 1 is 1.20 bits per heavy atom. The predicted octanol–water partition coefficient (Wildman–Crippen LogP) is 1.11. The molecule has 2 rings (SSSR count). The van der Waals surface area contributed by atoms with Gasteiger partial charge >= 0.3 is 0 Å². The molecule has 0 atom stereocenters. The normalized spacial score (nSPS) is 11.3. The van der Waals surface area contributed by atoms with E-state index in [9.17, 15) is 13.2 Å². The molecule has 0 saturated heterocycles. The number of rotatable bonds is 3. The molecule has 2 aromatic rings. The quantitative estimate of drug-likeness (QED) is 0.910. The van der Waals surface area contributed by atoms with Crippen LogP contribution >= 0.6 is 0 Å². The molecule has 0 spiro atoms. The number of amides is 1. The molecular weight excluding hydrogens is 282 g/mol. The number of hydrogen-bond acceptors (Lipinski definition) is 6. The number of carbonyl (C=O) groups is 1. The second-order valence-electron chi connectivity index (χ2n) is 4.19. The minimum Gasteiger partial charge on any atom is -0.466 e. The van der Waals surface area contributed by atoms with Crippen molar-refractivity contribution in [1.29, 1.82) is 0 Å². The largest absolute Gasteiger partial charge is 0.466 e. The Balaban J connectivity index is 2.33. The van der Waals surface area contributed by atoms with Gasteiger partial charge in [0.15, 0.2) is 5.03 Å². The molecule has 0 bridgehead atoms. The Morgan fingerprint density at radius 3 is 2.40 bits per heavy atom. The molecule has 0 aromatic carbocycles. The number of aromatic nitrogens is 2. The molecule has 0 saturated carbocycles. The van der Waals surface area contributed by atoms with Crippen molar-refractivity contribution in [1.82, 2.24) is 14.7 Å². The van der Waals surface area contributed by atoms with Gasteiger partial charge in [0.05, 0.1) is 11.8 Å². The van der Waals surface area contributed by atoms with Gasteiger partial charge in [0.2, 0.25) is 0 Å². The maximum Gasteiger partial charge on any atom is 0.283 e. The average Bonchev–Trinajstić information content (AvgIpc) is 2.63. The molecule has 0 aliphatic heterocycles. The number of sulfonamides is 1. The minimum absolute atomic E-state index is 0.218. The van der Waals surface area contributed by atoms with Gasteiger partial charge in [-0.1, -0.05) is 0 Å². The van der Waals surface area contributed by atoms with E-state index >= 15 is 0 Å². The molecule has 1 amide bonds. The first-order valence-electron chi connectivity index (χ1n) is 5.72. The summed E-state index contributed by atoms with van der Waals surface area (Å²) >= 11 is 0. The Bertz CT molecular complexity index is 751. The fourth-order valence-corrected chi connectivity index (χ4v) is 2.63. The van der Waals surface area contributed by atoms with E-state index in [0.717, 1.165) is 6.20 Å². The fraction of sp³-hybridized carbons (Fsp3) is 0.250. The van der Waals surface area contributed by atoms with Crippen molar-refractivity contribution in [2.75, 3.05) is 0 Å². The predicted molar refractivity (Wildman–Crippen MR) is 69.6 cm³/mol. The summed E-state index contributed by atoms with van der Waals surface area (Å²) in [6.45, 7) is 5.00. The molecule has 2 heterocycles. The van der Waals surface area contributed by atoms with E-state index in [1.165, 1.54) is 12.4 Å². The summed E-state index contributed by atoms with van der Waals surface area (Å²) in [5.41, 5.74) is 0.823. The third-order valence-electron chi connectivity index (χ3n) is 2.83. The fourth-order valence-electron chi connectivity index (χ4n) is 1.78. The first-order valence-corrected chi connectivity index (χ1v) is 7.21. The highest BCUT2D eigenvalue weighted by Gasteiger charge is 2.25. The Labute approximate surface area is 116 Å². The zero-order valence-electron chi connectivity index (χ0n) is 11.2. The van der Waals surface area contributed by atoms with Gasteiger partial charge in [-0.15, -0.1) is 0 Å². The maximum absolute atomic E-state index is 12.1. The topological polar surface area (TPSA) is 102 Å². The van der Waals surface area contributed by atoms with Crippen LogP contribution in [0.15, 0.2) is 28.0 Å². The molecule has 7 nitrogen and oxygen atoms in total. The highest BCUT2D eigenvalue weighted by atomic mass is 32.2. The Morgan fingerprint density at radius 2 is 1.90 bits per heavy atom. The molecule has 0 aliphatic rings. The van der Waals surface area contributed by atoms with Crippen molar-refractivity contribution in [3.8, 4) is 0 Å². The summed E-state index contributed by atoms with van der Waals surface area (Å²) in [6, 6.07) is 0. The summed E-state index contributed by atoms with van der Waals surface area (Å²) < 4.78 is 31.2. The summed E-state index contributed by atoms with van der Waals surface area (Å²) in [6.07, 6.45) is 3.64. The van der Waals surface area contributed by atoms with Crippen molar-refractivity contribution >= 4 is 15.9 Å². The van der Waals surface area contributed by atoms with Gasteiger partial charge in [0, 0.05) is 18.0 Å². The van der Waals surface area contributed by atoms with Crippen LogP contribution in [0.5, 0.6) is 0 Å². The van der Waals surface area contributed by atoms with E-state index in [-0.39, 0.29) is 10.6 Å². The second kappa shape index (κ2) is 5.04. The zero-order valence-corrected chi connectivity index (χ0v) is 12.0. The number of nitrogens with zero attached hydrogens (tertiary/aromatic N) is 2. The van der Waals surface area contributed by atoms with Crippen LogP contribution in [0.2, 0.25) is 0 Å². The van der Waals surface area contributed by atoms with Crippen LogP contribution in [-0.4, -0.2) is 24.3 Å². The van der Waals surface area contributed by atoms with E-state index in [4.69, 9.17) is 4.42 Å². The first-order chi connectivity index (χ1) is 9.33. The summed E-state index contributed by atoms with van der Waals surface area (Å²) in [5.74, 6) is 0.193. The van der Waals surface area contributed by atoms with Crippen LogP contribution in [0.4, 0.5) is 0 Å². The van der Waals surface area contributed by atoms with Crippen molar-refractivity contribution in [2.24, 2.45) is 0 Å². The number of carbonyl (C=O) groups excluding carboxylic acids is 1. The van der Waals surface area contributed by atoms with Crippen LogP contribution in [0.25, 0.3) is 0 Å². The van der Waals surface area contributed by atoms with Crippen molar-refractivity contribution in [2.45, 2.75) is 25.8 Å². The lowest BCUT2D eigenvalue weighted by molar-refractivity contribution is 0.0979. The van der Waals surface area contributed by atoms with Gasteiger partial charge < -0.3 is 4.42 Å². The number of nitrogens with one attached hydrogen (secondary N) is 1. The van der Waals surface area contributed by atoms with Crippen molar-refractivity contribution < 1.29 is 17.6 Å². The lowest BCUT2D eigenvalue weighted by Gasteiger charge is -2.05. The van der Waals surface area contributed by atoms with Crippen LogP contribution < -0.4 is 4.72 Å². The van der Waals surface area contributed by atoms with Crippen LogP contribution in [0.1, 0.15) is 27.4 Å². The molecule has 2 aromatic heterocycles. The molecule has 0 radical (unpaired) electrons. The highest BCUT2D eigenvalue weighted by Crippen LogP contribution is 2.21. The minimum atomic E-state index is -4.05. The van der Waals surface area contributed by atoms with E-state index in [0.29, 0.717) is 17.1 Å². The standard InChI is InChI=1S/C12H13N3O4S/c1-7-8(2)19-9(3)11(7)12(16)15-20(17,18)10-6-13-4-5-14-10/h4-6H,1-3H3,(H,15,16). The first kappa shape index (κ1) is 14.2. The summed E-state index contributed by atoms with van der Waals surface area (Å²) in [5, 5.41) is -0.316. The van der Waals surface area contributed by atoms with Crippen molar-refractivity contribution in [3.05, 3.63) is 41.2 Å². The third kappa shape index (κ3) is 2.55. The molecule has 0 unspecified atom stereocenters. The van der Waals surface area contributed by atoms with Crippen LogP contribution in [0.3, 0.4) is 0 Å². The van der Waals surface area contributed by atoms with Crippen LogP contribution in [0, 0.1) is 20.8 Å². The van der Waals surface area contributed by atoms with Gasteiger partial charge in [-0.3, -0.25) is 9.78 Å². The number of aryl methyl sites for hydroxylation is 2. The third-order valence-corrected chi connectivity index (χ3v) is 4.05.